The van der Waals surface area contributed by atoms with Crippen LogP contribution in [0.25, 0.3) is 0 Å². The highest BCUT2D eigenvalue weighted by Crippen LogP contribution is 2.27. The maximum absolute atomic E-state index is 3.49. The van der Waals surface area contributed by atoms with E-state index >= 15 is 0 Å². The minimum atomic E-state index is 0.781. The number of nitrogens with one attached hydrogen (secondary N) is 1. The third kappa shape index (κ3) is 5.44. The van der Waals surface area contributed by atoms with Crippen LogP contribution in [0.1, 0.15) is 57.1 Å². The van der Waals surface area contributed by atoms with Crippen LogP contribution >= 0.6 is 0 Å². The summed E-state index contributed by atoms with van der Waals surface area (Å²) < 4.78 is 0. The Morgan fingerprint density at radius 3 is 2.57 bits per heavy atom. The second-order valence-corrected chi connectivity index (χ2v) is 6.83. The first-order valence-corrected chi connectivity index (χ1v) is 8.67. The van der Waals surface area contributed by atoms with Crippen molar-refractivity contribution >= 4 is 0 Å². The molecule has 21 heavy (non-hydrogen) atoms. The molecule has 1 fully saturated rings. The van der Waals surface area contributed by atoms with E-state index in [4.69, 9.17) is 0 Å². The van der Waals surface area contributed by atoms with Crippen LogP contribution in [0, 0.1) is 5.92 Å². The van der Waals surface area contributed by atoms with Crippen molar-refractivity contribution in [3.63, 3.8) is 0 Å². The van der Waals surface area contributed by atoms with E-state index in [2.05, 4.69) is 55.4 Å². The Bertz CT molecular complexity index is 408. The minimum absolute atomic E-state index is 0.781. The largest absolute Gasteiger partial charge is 0.313 e. The Morgan fingerprint density at radius 1 is 1.14 bits per heavy atom. The number of rotatable bonds is 7. The lowest BCUT2D eigenvalue weighted by Gasteiger charge is -2.33. The molecule has 2 nitrogen and oxygen atoms in total. The zero-order valence-corrected chi connectivity index (χ0v) is 14.1. The number of hydrogen-bond donors (Lipinski definition) is 1. The molecule has 0 aliphatic heterocycles. The summed E-state index contributed by atoms with van der Waals surface area (Å²) in [6.07, 6.45) is 6.74. The standard InChI is InChI=1S/C19H32N2/c1-4-12-20-14-17-6-5-7-18(13-17)15-21(3)19-10-8-16(2)9-11-19/h5-7,13,16,19-20H,4,8-12,14-15H2,1-3H3. The normalized spacial score (nSPS) is 22.7. The van der Waals surface area contributed by atoms with Gasteiger partial charge >= 0.3 is 0 Å². The van der Waals surface area contributed by atoms with Crippen LogP contribution < -0.4 is 5.32 Å². The lowest BCUT2D eigenvalue weighted by atomic mass is 9.86. The van der Waals surface area contributed by atoms with Gasteiger partial charge in [0.1, 0.15) is 0 Å². The summed E-state index contributed by atoms with van der Waals surface area (Å²) in [5, 5.41) is 3.49. The second kappa shape index (κ2) is 8.55. The lowest BCUT2D eigenvalue weighted by molar-refractivity contribution is 0.164. The second-order valence-electron chi connectivity index (χ2n) is 6.83. The van der Waals surface area contributed by atoms with Gasteiger partial charge in [0.15, 0.2) is 0 Å². The highest BCUT2D eigenvalue weighted by atomic mass is 15.1. The van der Waals surface area contributed by atoms with E-state index in [1.165, 1.54) is 43.2 Å². The van der Waals surface area contributed by atoms with Crippen molar-refractivity contribution in [1.82, 2.24) is 10.2 Å². The van der Waals surface area contributed by atoms with Gasteiger partial charge in [-0.05, 0) is 62.7 Å². The topological polar surface area (TPSA) is 15.3 Å². The van der Waals surface area contributed by atoms with Crippen molar-refractivity contribution < 1.29 is 0 Å². The van der Waals surface area contributed by atoms with Crippen LogP contribution in [0.4, 0.5) is 0 Å². The minimum Gasteiger partial charge on any atom is -0.313 e. The van der Waals surface area contributed by atoms with Gasteiger partial charge in [0, 0.05) is 19.1 Å². The molecule has 1 aromatic rings. The molecule has 0 atom stereocenters. The van der Waals surface area contributed by atoms with Crippen molar-refractivity contribution in [3.05, 3.63) is 35.4 Å². The van der Waals surface area contributed by atoms with Crippen molar-refractivity contribution in [2.24, 2.45) is 5.92 Å². The number of nitrogens with zero attached hydrogens (tertiary/aromatic N) is 1. The maximum atomic E-state index is 3.49. The van der Waals surface area contributed by atoms with Gasteiger partial charge in [-0.15, -0.1) is 0 Å². The predicted molar refractivity (Wildman–Crippen MR) is 91.3 cm³/mol. The fourth-order valence-electron chi connectivity index (χ4n) is 3.35. The molecule has 2 rings (SSSR count). The van der Waals surface area contributed by atoms with Crippen molar-refractivity contribution in [1.29, 1.82) is 0 Å². The van der Waals surface area contributed by atoms with Crippen LogP contribution in [0.2, 0.25) is 0 Å². The summed E-state index contributed by atoms with van der Waals surface area (Å²) in [4.78, 5) is 2.56. The fraction of sp³-hybridized carbons (Fsp3) is 0.684. The summed E-state index contributed by atoms with van der Waals surface area (Å²) in [6, 6.07) is 9.85. The van der Waals surface area contributed by atoms with Gasteiger partial charge in [-0.25, -0.2) is 0 Å². The average Bonchev–Trinajstić information content (AvgIpc) is 2.48. The van der Waals surface area contributed by atoms with Crippen LogP contribution in [-0.2, 0) is 13.1 Å². The Labute approximate surface area is 130 Å². The molecule has 0 heterocycles. The third-order valence-corrected chi connectivity index (χ3v) is 4.79. The Hall–Kier alpha value is -0.860. The highest BCUT2D eigenvalue weighted by molar-refractivity contribution is 5.23. The smallest absolute Gasteiger partial charge is 0.0233 e. The number of hydrogen-bond acceptors (Lipinski definition) is 2. The summed E-state index contributed by atoms with van der Waals surface area (Å²) >= 11 is 0. The van der Waals surface area contributed by atoms with Crippen molar-refractivity contribution in [2.45, 2.75) is 65.1 Å². The average molecular weight is 288 g/mol. The van der Waals surface area contributed by atoms with Crippen LogP contribution in [0.3, 0.4) is 0 Å². The van der Waals surface area contributed by atoms with E-state index in [1.807, 2.05) is 0 Å². The van der Waals surface area contributed by atoms with E-state index in [0.29, 0.717) is 0 Å². The first-order valence-electron chi connectivity index (χ1n) is 8.67. The summed E-state index contributed by atoms with van der Waals surface area (Å²) in [5.41, 5.74) is 2.86. The molecule has 1 N–H and O–H groups in total. The van der Waals surface area contributed by atoms with Crippen molar-refractivity contribution in [2.75, 3.05) is 13.6 Å². The number of benzene rings is 1. The van der Waals surface area contributed by atoms with E-state index in [0.717, 1.165) is 31.6 Å². The molecule has 0 unspecified atom stereocenters. The van der Waals surface area contributed by atoms with Gasteiger partial charge in [-0.3, -0.25) is 4.90 Å². The van der Waals surface area contributed by atoms with Crippen LogP contribution in [-0.4, -0.2) is 24.5 Å². The highest BCUT2D eigenvalue weighted by Gasteiger charge is 2.21. The van der Waals surface area contributed by atoms with Gasteiger partial charge in [0.25, 0.3) is 0 Å². The van der Waals surface area contributed by atoms with Gasteiger partial charge in [0.05, 0.1) is 0 Å². The molecule has 0 bridgehead atoms. The third-order valence-electron chi connectivity index (χ3n) is 4.79. The van der Waals surface area contributed by atoms with Gasteiger partial charge in [-0.2, -0.15) is 0 Å². The molecule has 0 aromatic heterocycles. The van der Waals surface area contributed by atoms with Crippen LogP contribution in [0.15, 0.2) is 24.3 Å². The SMILES string of the molecule is CCCNCc1cccc(CN(C)C2CCC(C)CC2)c1. The molecule has 0 radical (unpaired) electrons. The summed E-state index contributed by atoms with van der Waals surface area (Å²) in [5.74, 6) is 0.933. The van der Waals surface area contributed by atoms with Gasteiger partial charge < -0.3 is 5.32 Å². The molecule has 118 valence electrons. The molecular formula is C19H32N2. The Kier molecular flexibility index (Phi) is 6.72. The Morgan fingerprint density at radius 2 is 1.86 bits per heavy atom. The molecule has 1 aliphatic carbocycles. The van der Waals surface area contributed by atoms with E-state index in [1.54, 1.807) is 0 Å². The monoisotopic (exact) mass is 288 g/mol. The molecule has 2 heteroatoms. The first kappa shape index (κ1) is 16.5. The molecule has 1 saturated carbocycles. The van der Waals surface area contributed by atoms with Crippen LogP contribution in [0.5, 0.6) is 0 Å². The van der Waals surface area contributed by atoms with Gasteiger partial charge in [0.2, 0.25) is 0 Å². The van der Waals surface area contributed by atoms with Crippen molar-refractivity contribution in [3.8, 4) is 0 Å². The quantitative estimate of drug-likeness (QED) is 0.757. The zero-order chi connectivity index (χ0) is 15.1. The molecule has 0 amide bonds. The van der Waals surface area contributed by atoms with E-state index in [9.17, 15) is 0 Å². The molecular weight excluding hydrogens is 256 g/mol. The zero-order valence-electron chi connectivity index (χ0n) is 14.1. The maximum Gasteiger partial charge on any atom is 0.0233 e. The molecule has 0 saturated heterocycles. The fourth-order valence-corrected chi connectivity index (χ4v) is 3.35. The first-order chi connectivity index (χ1) is 10.2. The van der Waals surface area contributed by atoms with Gasteiger partial charge in [-0.1, -0.05) is 38.1 Å². The molecule has 0 spiro atoms. The molecule has 1 aliphatic rings. The lowest BCUT2D eigenvalue weighted by Crippen LogP contribution is -2.34. The summed E-state index contributed by atoms with van der Waals surface area (Å²) in [6.45, 7) is 7.78. The van der Waals surface area contributed by atoms with E-state index < -0.39 is 0 Å². The predicted octanol–water partition coefficient (Wildman–Crippen LogP) is 4.20. The summed E-state index contributed by atoms with van der Waals surface area (Å²) in [7, 11) is 2.29. The molecule has 1 aromatic carbocycles. The van der Waals surface area contributed by atoms with E-state index in [-0.39, 0.29) is 0 Å². The Balaban J connectivity index is 1.85.